The number of ether oxygens (including phenoxy) is 1. The fourth-order valence-corrected chi connectivity index (χ4v) is 2.11. The highest BCUT2D eigenvalue weighted by Crippen LogP contribution is 2.06. The molecular weight excluding hydrogens is 353 g/mol. The smallest absolute Gasteiger partial charge is 0.408 e. The van der Waals surface area contributed by atoms with Crippen LogP contribution in [-0.2, 0) is 20.7 Å². The minimum Gasteiger partial charge on any atom is -0.444 e. The number of aryl methyl sites for hydroxylation is 1. The average molecular weight is 381 g/mol. The van der Waals surface area contributed by atoms with Crippen molar-refractivity contribution in [3.8, 4) is 0 Å². The number of hydrogen-bond donors (Lipinski definition) is 3. The van der Waals surface area contributed by atoms with Gasteiger partial charge in [-0.15, -0.1) is 0 Å². The van der Waals surface area contributed by atoms with Crippen LogP contribution in [0, 0.1) is 5.82 Å². The standard InChI is InChI=1S/C19H28FN3O4/c1-19(2,3)27-18(26)23-13-17(25)22-11-5-10-21-16(24)9-8-14-6-4-7-15(20)12-14/h4,6-7,12H,5,8-11,13H2,1-3H3,(H,21,24)(H,22,25)(H,23,26). The monoisotopic (exact) mass is 381 g/mol. The minimum absolute atomic E-state index is 0.128. The zero-order chi connectivity index (χ0) is 20.3. The van der Waals surface area contributed by atoms with Gasteiger partial charge in [0.1, 0.15) is 11.4 Å². The SMILES string of the molecule is CC(C)(C)OC(=O)NCC(=O)NCCCNC(=O)CCc1cccc(F)c1. The van der Waals surface area contributed by atoms with Gasteiger partial charge in [-0.25, -0.2) is 9.18 Å². The Bertz CT molecular complexity index is 644. The van der Waals surface area contributed by atoms with Gasteiger partial charge in [-0.05, 0) is 51.3 Å². The topological polar surface area (TPSA) is 96.5 Å². The second-order valence-electron chi connectivity index (χ2n) is 7.04. The molecule has 0 bridgehead atoms. The Kier molecular flexibility index (Phi) is 9.25. The van der Waals surface area contributed by atoms with Crippen molar-refractivity contribution in [1.29, 1.82) is 0 Å². The predicted molar refractivity (Wildman–Crippen MR) is 99.6 cm³/mol. The lowest BCUT2D eigenvalue weighted by Gasteiger charge is -2.19. The largest absolute Gasteiger partial charge is 0.444 e. The van der Waals surface area contributed by atoms with Crippen LogP contribution >= 0.6 is 0 Å². The first-order chi connectivity index (χ1) is 12.7. The molecule has 3 N–H and O–H groups in total. The van der Waals surface area contributed by atoms with Gasteiger partial charge in [-0.2, -0.15) is 0 Å². The Morgan fingerprint density at radius 2 is 1.70 bits per heavy atom. The number of amides is 3. The maximum Gasteiger partial charge on any atom is 0.408 e. The van der Waals surface area contributed by atoms with E-state index in [1.165, 1.54) is 12.1 Å². The van der Waals surface area contributed by atoms with Crippen molar-refractivity contribution in [3.05, 3.63) is 35.6 Å². The van der Waals surface area contributed by atoms with Gasteiger partial charge >= 0.3 is 6.09 Å². The Labute approximate surface area is 159 Å². The lowest BCUT2D eigenvalue weighted by molar-refractivity contribution is -0.121. The van der Waals surface area contributed by atoms with Crippen LogP contribution in [0.15, 0.2) is 24.3 Å². The van der Waals surface area contributed by atoms with E-state index in [2.05, 4.69) is 16.0 Å². The Morgan fingerprint density at radius 3 is 2.33 bits per heavy atom. The number of carbonyl (C=O) groups excluding carboxylic acids is 3. The van der Waals surface area contributed by atoms with E-state index in [0.29, 0.717) is 25.9 Å². The van der Waals surface area contributed by atoms with Gasteiger partial charge in [0.05, 0.1) is 6.54 Å². The summed E-state index contributed by atoms with van der Waals surface area (Å²) in [7, 11) is 0. The first kappa shape index (κ1) is 22.4. The molecule has 0 aliphatic heterocycles. The van der Waals surface area contributed by atoms with E-state index >= 15 is 0 Å². The second kappa shape index (κ2) is 11.2. The summed E-state index contributed by atoms with van der Waals surface area (Å²) in [5.41, 5.74) is 0.155. The zero-order valence-corrected chi connectivity index (χ0v) is 16.1. The van der Waals surface area contributed by atoms with Gasteiger partial charge < -0.3 is 20.7 Å². The zero-order valence-electron chi connectivity index (χ0n) is 16.1. The summed E-state index contributed by atoms with van der Waals surface area (Å²) >= 11 is 0. The maximum atomic E-state index is 13.1. The highest BCUT2D eigenvalue weighted by molar-refractivity contribution is 5.82. The molecule has 1 aromatic rings. The highest BCUT2D eigenvalue weighted by atomic mass is 19.1. The van der Waals surface area contributed by atoms with Gasteiger partial charge in [0.25, 0.3) is 0 Å². The molecule has 150 valence electrons. The Morgan fingerprint density at radius 1 is 1.04 bits per heavy atom. The number of nitrogens with one attached hydrogen (secondary N) is 3. The first-order valence-corrected chi connectivity index (χ1v) is 8.90. The molecular formula is C19H28FN3O4. The molecule has 0 atom stereocenters. The molecule has 0 saturated carbocycles. The van der Waals surface area contributed by atoms with Crippen molar-refractivity contribution < 1.29 is 23.5 Å². The van der Waals surface area contributed by atoms with Gasteiger partial charge in [0.15, 0.2) is 0 Å². The van der Waals surface area contributed by atoms with Gasteiger partial charge in [-0.3, -0.25) is 9.59 Å². The molecule has 0 saturated heterocycles. The van der Waals surface area contributed by atoms with E-state index in [1.54, 1.807) is 32.9 Å². The van der Waals surface area contributed by atoms with Crippen LogP contribution in [0.1, 0.15) is 39.2 Å². The molecule has 0 radical (unpaired) electrons. The van der Waals surface area contributed by atoms with Crippen LogP contribution in [0.4, 0.5) is 9.18 Å². The summed E-state index contributed by atoms with van der Waals surface area (Å²) in [6.45, 7) is 5.83. The van der Waals surface area contributed by atoms with Crippen molar-refractivity contribution in [1.82, 2.24) is 16.0 Å². The number of hydrogen-bond acceptors (Lipinski definition) is 4. The quantitative estimate of drug-likeness (QED) is 0.569. The molecule has 1 aromatic carbocycles. The normalized spacial score (nSPS) is 10.8. The fourth-order valence-electron chi connectivity index (χ4n) is 2.11. The van der Waals surface area contributed by atoms with Crippen molar-refractivity contribution >= 4 is 17.9 Å². The molecule has 7 nitrogen and oxygen atoms in total. The van der Waals surface area contributed by atoms with Crippen LogP contribution in [-0.4, -0.2) is 43.1 Å². The van der Waals surface area contributed by atoms with Crippen LogP contribution in [0.2, 0.25) is 0 Å². The third-order valence-electron chi connectivity index (χ3n) is 3.32. The number of carbonyl (C=O) groups is 3. The lowest BCUT2D eigenvalue weighted by atomic mass is 10.1. The van der Waals surface area contributed by atoms with Crippen LogP contribution in [0.3, 0.4) is 0 Å². The van der Waals surface area contributed by atoms with Crippen molar-refractivity contribution in [2.24, 2.45) is 0 Å². The van der Waals surface area contributed by atoms with E-state index in [0.717, 1.165) is 5.56 Å². The van der Waals surface area contributed by atoms with E-state index in [1.807, 2.05) is 0 Å². The molecule has 27 heavy (non-hydrogen) atoms. The molecule has 0 aliphatic carbocycles. The van der Waals surface area contributed by atoms with Crippen molar-refractivity contribution in [3.63, 3.8) is 0 Å². The summed E-state index contributed by atoms with van der Waals surface area (Å²) in [5, 5.41) is 7.74. The molecule has 1 rings (SSSR count). The molecule has 0 fully saturated rings. The van der Waals surface area contributed by atoms with E-state index < -0.39 is 11.7 Å². The summed E-state index contributed by atoms with van der Waals surface area (Å²) in [6, 6.07) is 6.16. The minimum atomic E-state index is -0.650. The maximum absolute atomic E-state index is 13.1. The summed E-state index contributed by atoms with van der Waals surface area (Å²) in [4.78, 5) is 34.7. The summed E-state index contributed by atoms with van der Waals surface area (Å²) in [6.07, 6.45) is 0.652. The first-order valence-electron chi connectivity index (χ1n) is 8.90. The molecule has 0 heterocycles. The van der Waals surface area contributed by atoms with Crippen molar-refractivity contribution in [2.75, 3.05) is 19.6 Å². The molecule has 3 amide bonds. The number of alkyl carbamates (subject to hydrolysis) is 1. The van der Waals surface area contributed by atoms with E-state index in [4.69, 9.17) is 4.74 Å². The average Bonchev–Trinajstić information content (AvgIpc) is 2.56. The Hall–Kier alpha value is -2.64. The molecule has 0 aromatic heterocycles. The highest BCUT2D eigenvalue weighted by Gasteiger charge is 2.16. The molecule has 8 heteroatoms. The lowest BCUT2D eigenvalue weighted by Crippen LogP contribution is -2.40. The molecule has 0 unspecified atom stereocenters. The number of halogens is 1. The predicted octanol–water partition coefficient (Wildman–Crippen LogP) is 1.91. The number of rotatable bonds is 9. The van der Waals surface area contributed by atoms with Gasteiger partial charge in [0.2, 0.25) is 11.8 Å². The fraction of sp³-hybridized carbons (Fsp3) is 0.526. The van der Waals surface area contributed by atoms with Crippen LogP contribution in [0.5, 0.6) is 0 Å². The van der Waals surface area contributed by atoms with Crippen LogP contribution in [0.25, 0.3) is 0 Å². The molecule has 0 aliphatic rings. The molecule has 0 spiro atoms. The van der Waals surface area contributed by atoms with Gasteiger partial charge in [0, 0.05) is 19.5 Å². The Balaban J connectivity index is 2.06. The third kappa shape index (κ3) is 11.6. The summed E-state index contributed by atoms with van der Waals surface area (Å²) in [5.74, 6) is -0.778. The second-order valence-corrected chi connectivity index (χ2v) is 7.04. The van der Waals surface area contributed by atoms with Crippen molar-refractivity contribution in [2.45, 2.75) is 45.6 Å². The van der Waals surface area contributed by atoms with Gasteiger partial charge in [-0.1, -0.05) is 12.1 Å². The summed E-state index contributed by atoms with van der Waals surface area (Å²) < 4.78 is 18.1. The van der Waals surface area contributed by atoms with E-state index in [9.17, 15) is 18.8 Å². The number of benzene rings is 1. The van der Waals surface area contributed by atoms with E-state index in [-0.39, 0.29) is 30.6 Å². The third-order valence-corrected chi connectivity index (χ3v) is 3.32. The van der Waals surface area contributed by atoms with Crippen LogP contribution < -0.4 is 16.0 Å².